The number of carbonyl (C=O) groups excluding carboxylic acids is 2. The van der Waals surface area contributed by atoms with E-state index in [4.69, 9.17) is 10.5 Å². The normalized spacial score (nSPS) is 17.3. The van der Waals surface area contributed by atoms with E-state index in [-0.39, 0.29) is 24.5 Å². The molecule has 2 amide bonds. The smallest absolute Gasteiger partial charge is 0.260 e. The van der Waals surface area contributed by atoms with Gasteiger partial charge < -0.3 is 15.4 Å². The van der Waals surface area contributed by atoms with Gasteiger partial charge in [-0.15, -0.1) is 0 Å². The Kier molecular flexibility index (Phi) is 5.16. The topological polar surface area (TPSA) is 75.9 Å². The molecule has 1 aromatic carbocycles. The first-order valence-electron chi connectivity index (χ1n) is 7.07. The Hall–Kier alpha value is -2.08. The van der Waals surface area contributed by atoms with Crippen LogP contribution in [-0.4, -0.2) is 60.4 Å². The molecule has 1 fully saturated rings. The fraction of sp³-hybridized carbons (Fsp3) is 0.467. The minimum absolute atomic E-state index is 0.0368. The van der Waals surface area contributed by atoms with Crippen molar-refractivity contribution in [3.05, 3.63) is 30.3 Å². The lowest BCUT2D eigenvalue weighted by atomic mass is 10.2. The van der Waals surface area contributed by atoms with Gasteiger partial charge in [-0.25, -0.2) is 0 Å². The number of carbonyl (C=O) groups is 2. The number of benzene rings is 1. The van der Waals surface area contributed by atoms with E-state index in [9.17, 15) is 9.59 Å². The van der Waals surface area contributed by atoms with Gasteiger partial charge in [0.2, 0.25) is 5.91 Å². The summed E-state index contributed by atoms with van der Waals surface area (Å²) in [7, 11) is 0. The molecule has 21 heavy (non-hydrogen) atoms. The molecule has 1 atom stereocenters. The number of amides is 2. The highest BCUT2D eigenvalue weighted by Crippen LogP contribution is 2.10. The number of ether oxygens (including phenoxy) is 1. The molecule has 0 aliphatic carbocycles. The second-order valence-electron chi connectivity index (χ2n) is 5.10. The maximum atomic E-state index is 12.1. The molecule has 114 valence electrons. The van der Waals surface area contributed by atoms with E-state index >= 15 is 0 Å². The molecule has 6 heteroatoms. The summed E-state index contributed by atoms with van der Waals surface area (Å²) in [4.78, 5) is 27.0. The molecule has 1 saturated heterocycles. The van der Waals surface area contributed by atoms with Gasteiger partial charge in [0.1, 0.15) is 5.75 Å². The van der Waals surface area contributed by atoms with Crippen molar-refractivity contribution in [2.75, 3.05) is 32.8 Å². The first kappa shape index (κ1) is 15.3. The van der Waals surface area contributed by atoms with Gasteiger partial charge in [0.25, 0.3) is 5.91 Å². The molecule has 1 aromatic rings. The second kappa shape index (κ2) is 7.08. The number of nitrogens with zero attached hydrogens (tertiary/aromatic N) is 2. The van der Waals surface area contributed by atoms with Crippen LogP contribution in [0.5, 0.6) is 5.75 Å². The summed E-state index contributed by atoms with van der Waals surface area (Å²) in [6, 6.07) is 8.98. The number of para-hydroxylation sites is 1. The number of hydrogen-bond donors (Lipinski definition) is 1. The quantitative estimate of drug-likeness (QED) is 0.834. The van der Waals surface area contributed by atoms with Crippen molar-refractivity contribution < 1.29 is 14.3 Å². The predicted octanol–water partition coefficient (Wildman–Crippen LogP) is 0.0834. The molecule has 0 bridgehead atoms. The standard InChI is InChI=1S/C15H21N3O3/c1-12(15(16)20)17-7-9-18(10-8-17)14(19)11-21-13-5-3-2-4-6-13/h2-6,12H,7-11H2,1H3,(H2,16,20). The van der Waals surface area contributed by atoms with Crippen LogP contribution in [0.25, 0.3) is 0 Å². The van der Waals surface area contributed by atoms with Gasteiger partial charge >= 0.3 is 0 Å². The largest absolute Gasteiger partial charge is 0.484 e. The lowest BCUT2D eigenvalue weighted by Crippen LogP contribution is -2.54. The van der Waals surface area contributed by atoms with E-state index in [0.29, 0.717) is 31.9 Å². The van der Waals surface area contributed by atoms with Crippen LogP contribution in [0.2, 0.25) is 0 Å². The van der Waals surface area contributed by atoms with E-state index in [0.717, 1.165) is 0 Å². The third kappa shape index (κ3) is 4.19. The van der Waals surface area contributed by atoms with Gasteiger partial charge in [-0.1, -0.05) is 18.2 Å². The van der Waals surface area contributed by atoms with Crippen molar-refractivity contribution >= 4 is 11.8 Å². The molecule has 2 rings (SSSR count). The van der Waals surface area contributed by atoms with Crippen LogP contribution in [0.1, 0.15) is 6.92 Å². The van der Waals surface area contributed by atoms with Gasteiger partial charge in [0, 0.05) is 26.2 Å². The summed E-state index contributed by atoms with van der Waals surface area (Å²) in [6.07, 6.45) is 0. The van der Waals surface area contributed by atoms with E-state index in [2.05, 4.69) is 0 Å². The van der Waals surface area contributed by atoms with Gasteiger partial charge in [0.15, 0.2) is 6.61 Å². The van der Waals surface area contributed by atoms with Gasteiger partial charge in [0.05, 0.1) is 6.04 Å². The van der Waals surface area contributed by atoms with Crippen LogP contribution >= 0.6 is 0 Å². The third-order valence-electron chi connectivity index (χ3n) is 3.73. The Bertz CT molecular complexity index is 484. The van der Waals surface area contributed by atoms with Crippen molar-refractivity contribution in [2.24, 2.45) is 5.73 Å². The molecule has 1 heterocycles. The number of nitrogens with two attached hydrogens (primary N) is 1. The lowest BCUT2D eigenvalue weighted by molar-refractivity contribution is -0.135. The molecule has 1 aliphatic heterocycles. The fourth-order valence-corrected chi connectivity index (χ4v) is 2.29. The Morgan fingerprint density at radius 3 is 2.38 bits per heavy atom. The summed E-state index contributed by atoms with van der Waals surface area (Å²) in [5.41, 5.74) is 5.29. The van der Waals surface area contributed by atoms with Crippen LogP contribution in [0.3, 0.4) is 0 Å². The second-order valence-corrected chi connectivity index (χ2v) is 5.10. The minimum Gasteiger partial charge on any atom is -0.484 e. The lowest BCUT2D eigenvalue weighted by Gasteiger charge is -2.36. The zero-order chi connectivity index (χ0) is 15.2. The summed E-state index contributed by atoms with van der Waals surface area (Å²) >= 11 is 0. The summed E-state index contributed by atoms with van der Waals surface area (Å²) in [5, 5.41) is 0. The molecule has 1 aliphatic rings. The van der Waals surface area contributed by atoms with Crippen molar-refractivity contribution in [2.45, 2.75) is 13.0 Å². The van der Waals surface area contributed by atoms with Gasteiger partial charge in [-0.3, -0.25) is 14.5 Å². The Morgan fingerprint density at radius 1 is 1.19 bits per heavy atom. The molecule has 1 unspecified atom stereocenters. The zero-order valence-corrected chi connectivity index (χ0v) is 12.2. The molecular weight excluding hydrogens is 270 g/mol. The van der Waals surface area contributed by atoms with Crippen molar-refractivity contribution in [1.82, 2.24) is 9.80 Å². The monoisotopic (exact) mass is 291 g/mol. The van der Waals surface area contributed by atoms with Gasteiger partial charge in [-0.05, 0) is 19.1 Å². The maximum Gasteiger partial charge on any atom is 0.260 e. The molecular formula is C15H21N3O3. The SMILES string of the molecule is CC(C(N)=O)N1CCN(C(=O)COc2ccccc2)CC1. The zero-order valence-electron chi connectivity index (χ0n) is 12.2. The Labute approximate surface area is 124 Å². The fourth-order valence-electron chi connectivity index (χ4n) is 2.29. The highest BCUT2D eigenvalue weighted by molar-refractivity contribution is 5.79. The van der Waals surface area contributed by atoms with E-state index in [1.165, 1.54) is 0 Å². The van der Waals surface area contributed by atoms with Crippen LogP contribution < -0.4 is 10.5 Å². The Balaban J connectivity index is 1.77. The number of piperazine rings is 1. The highest BCUT2D eigenvalue weighted by atomic mass is 16.5. The molecule has 0 spiro atoms. The number of rotatable bonds is 5. The van der Waals surface area contributed by atoms with Crippen molar-refractivity contribution in [3.63, 3.8) is 0 Å². The molecule has 2 N–H and O–H groups in total. The Morgan fingerprint density at radius 2 is 1.81 bits per heavy atom. The average Bonchev–Trinajstić information content (AvgIpc) is 2.53. The van der Waals surface area contributed by atoms with Crippen molar-refractivity contribution in [3.8, 4) is 5.75 Å². The number of primary amides is 1. The summed E-state index contributed by atoms with van der Waals surface area (Å²) in [5.74, 6) is 0.319. The first-order valence-corrected chi connectivity index (χ1v) is 7.07. The van der Waals surface area contributed by atoms with Crippen LogP contribution in [0, 0.1) is 0 Å². The molecule has 6 nitrogen and oxygen atoms in total. The third-order valence-corrected chi connectivity index (χ3v) is 3.73. The van der Waals surface area contributed by atoms with E-state index in [1.54, 1.807) is 11.8 Å². The first-order chi connectivity index (χ1) is 10.1. The summed E-state index contributed by atoms with van der Waals surface area (Å²) < 4.78 is 5.45. The van der Waals surface area contributed by atoms with Crippen molar-refractivity contribution in [1.29, 1.82) is 0 Å². The van der Waals surface area contributed by atoms with Gasteiger partial charge in [-0.2, -0.15) is 0 Å². The van der Waals surface area contributed by atoms with E-state index < -0.39 is 0 Å². The molecule has 0 radical (unpaired) electrons. The van der Waals surface area contributed by atoms with E-state index in [1.807, 2.05) is 35.2 Å². The predicted molar refractivity (Wildman–Crippen MR) is 78.7 cm³/mol. The molecule has 0 saturated carbocycles. The summed E-state index contributed by atoms with van der Waals surface area (Å²) in [6.45, 7) is 4.32. The maximum absolute atomic E-state index is 12.1. The minimum atomic E-state index is -0.331. The van der Waals surface area contributed by atoms with Crippen LogP contribution in [-0.2, 0) is 9.59 Å². The van der Waals surface area contributed by atoms with Crippen LogP contribution in [0.4, 0.5) is 0 Å². The number of hydrogen-bond acceptors (Lipinski definition) is 4. The highest BCUT2D eigenvalue weighted by Gasteiger charge is 2.26. The molecule has 0 aromatic heterocycles. The average molecular weight is 291 g/mol. The van der Waals surface area contributed by atoms with Crippen LogP contribution in [0.15, 0.2) is 30.3 Å².